The van der Waals surface area contributed by atoms with E-state index < -0.39 is 0 Å². The SMILES string of the molecule is C1=CC2=C(CC1)CCc1c2ccc2cccc(CCc3ccccc3)c12.O=c1[nH]ncc2ccccc12. The molecule has 2 aliphatic carbocycles. The number of rotatable bonds is 3. The minimum Gasteiger partial charge on any atom is -0.267 e. The van der Waals surface area contributed by atoms with E-state index in [1.807, 2.05) is 18.2 Å². The Hall–Kier alpha value is -4.24. The first kappa shape index (κ1) is 23.2. The van der Waals surface area contributed by atoms with Gasteiger partial charge in [0.1, 0.15) is 0 Å². The molecule has 0 fully saturated rings. The average molecular weight is 483 g/mol. The number of aromatic amines is 1. The van der Waals surface area contributed by atoms with Gasteiger partial charge in [0, 0.05) is 10.8 Å². The third-order valence-corrected chi connectivity index (χ3v) is 7.59. The van der Waals surface area contributed by atoms with Gasteiger partial charge in [-0.2, -0.15) is 5.10 Å². The molecule has 2 aliphatic rings. The summed E-state index contributed by atoms with van der Waals surface area (Å²) in [4.78, 5) is 11.1. The molecule has 0 saturated carbocycles. The number of nitrogens with zero attached hydrogens (tertiary/aromatic N) is 1. The minimum absolute atomic E-state index is 0.136. The summed E-state index contributed by atoms with van der Waals surface area (Å²) < 4.78 is 0. The van der Waals surface area contributed by atoms with Gasteiger partial charge in [0.25, 0.3) is 5.56 Å². The first-order valence-electron chi connectivity index (χ1n) is 13.2. The van der Waals surface area contributed by atoms with Crippen LogP contribution in [0.5, 0.6) is 0 Å². The van der Waals surface area contributed by atoms with Gasteiger partial charge < -0.3 is 0 Å². The third-order valence-electron chi connectivity index (χ3n) is 7.59. The molecule has 0 spiro atoms. The third kappa shape index (κ3) is 4.77. The first-order valence-corrected chi connectivity index (χ1v) is 13.2. The van der Waals surface area contributed by atoms with E-state index in [-0.39, 0.29) is 5.56 Å². The Kier molecular flexibility index (Phi) is 6.51. The number of benzene rings is 4. The van der Waals surface area contributed by atoms with Gasteiger partial charge in [0.15, 0.2) is 0 Å². The van der Waals surface area contributed by atoms with Crippen molar-refractivity contribution in [2.24, 2.45) is 0 Å². The van der Waals surface area contributed by atoms with Gasteiger partial charge in [-0.25, -0.2) is 5.10 Å². The average Bonchev–Trinajstić information content (AvgIpc) is 2.97. The van der Waals surface area contributed by atoms with Gasteiger partial charge in [0.2, 0.25) is 0 Å². The molecular formula is C34H30N2O. The standard InChI is InChI=1S/C26H24.C8H6N2O/c1-2-7-19(8-3-1)13-14-21-10-6-11-22-16-17-24-23-12-5-4-9-20(23)15-18-25(24)26(21)22;11-8-7-4-2-1-3-6(7)5-9-10-8/h1-3,5-8,10-12,16-17H,4,9,13-15,18H2;1-5H,(H,10,11). The van der Waals surface area contributed by atoms with E-state index in [4.69, 9.17) is 0 Å². The summed E-state index contributed by atoms with van der Waals surface area (Å²) in [6.07, 6.45) is 13.5. The molecule has 0 amide bonds. The summed E-state index contributed by atoms with van der Waals surface area (Å²) >= 11 is 0. The predicted octanol–water partition coefficient (Wildman–Crippen LogP) is 7.60. The van der Waals surface area contributed by atoms with Gasteiger partial charge >= 0.3 is 0 Å². The number of fused-ring (bicyclic) bond motifs is 5. The largest absolute Gasteiger partial charge is 0.272 e. The molecule has 1 heterocycles. The van der Waals surface area contributed by atoms with E-state index in [0.29, 0.717) is 5.39 Å². The summed E-state index contributed by atoms with van der Waals surface area (Å²) in [5, 5.41) is 10.5. The van der Waals surface area contributed by atoms with E-state index in [2.05, 4.69) is 83.0 Å². The molecule has 5 aromatic rings. The maximum atomic E-state index is 11.1. The van der Waals surface area contributed by atoms with E-state index >= 15 is 0 Å². The minimum atomic E-state index is -0.136. The fourth-order valence-electron chi connectivity index (χ4n) is 5.74. The number of nitrogens with one attached hydrogen (secondary N) is 1. The van der Waals surface area contributed by atoms with E-state index in [9.17, 15) is 4.79 Å². The van der Waals surface area contributed by atoms with E-state index in [1.54, 1.807) is 23.4 Å². The second-order valence-corrected chi connectivity index (χ2v) is 9.84. The normalized spacial score (nSPS) is 14.2. The van der Waals surface area contributed by atoms with Crippen LogP contribution in [0.1, 0.15) is 41.5 Å². The molecule has 0 radical (unpaired) electrons. The Morgan fingerprint density at radius 2 is 1.59 bits per heavy atom. The zero-order chi connectivity index (χ0) is 25.0. The van der Waals surface area contributed by atoms with Crippen molar-refractivity contribution in [1.29, 1.82) is 0 Å². The summed E-state index contributed by atoms with van der Waals surface area (Å²) in [5.41, 5.74) is 9.04. The quantitative estimate of drug-likeness (QED) is 0.288. The van der Waals surface area contributed by atoms with Crippen molar-refractivity contribution < 1.29 is 0 Å². The highest BCUT2D eigenvalue weighted by Gasteiger charge is 2.21. The molecule has 0 bridgehead atoms. The molecule has 1 aromatic heterocycles. The highest BCUT2D eigenvalue weighted by molar-refractivity contribution is 5.95. The van der Waals surface area contributed by atoms with Crippen LogP contribution in [0, 0.1) is 0 Å². The lowest BCUT2D eigenvalue weighted by Gasteiger charge is -2.26. The van der Waals surface area contributed by atoms with E-state index in [1.165, 1.54) is 58.7 Å². The molecule has 3 heteroatoms. The summed E-state index contributed by atoms with van der Waals surface area (Å²) in [6, 6.07) is 29.7. The molecule has 3 nitrogen and oxygen atoms in total. The number of aryl methyl sites for hydroxylation is 3. The lowest BCUT2D eigenvalue weighted by atomic mass is 9.78. The zero-order valence-corrected chi connectivity index (χ0v) is 20.9. The number of hydrogen-bond donors (Lipinski definition) is 1. The van der Waals surface area contributed by atoms with Crippen molar-refractivity contribution in [3.05, 3.63) is 141 Å². The van der Waals surface area contributed by atoms with Crippen LogP contribution in [0.3, 0.4) is 0 Å². The first-order chi connectivity index (χ1) is 18.3. The lowest BCUT2D eigenvalue weighted by molar-refractivity contribution is 0.830. The Morgan fingerprint density at radius 3 is 2.49 bits per heavy atom. The molecule has 182 valence electrons. The fourth-order valence-corrected chi connectivity index (χ4v) is 5.74. The van der Waals surface area contributed by atoms with Crippen molar-refractivity contribution in [2.45, 2.75) is 38.5 Å². The van der Waals surface area contributed by atoms with Gasteiger partial charge in [0.05, 0.1) is 6.20 Å². The second-order valence-electron chi connectivity index (χ2n) is 9.84. The van der Waals surface area contributed by atoms with Crippen molar-refractivity contribution in [3.8, 4) is 0 Å². The summed E-state index contributed by atoms with van der Waals surface area (Å²) in [5.74, 6) is 0. The van der Waals surface area contributed by atoms with Gasteiger partial charge in [-0.05, 0) is 83.2 Å². The molecule has 0 aliphatic heterocycles. The highest BCUT2D eigenvalue weighted by Crippen LogP contribution is 2.40. The molecular weight excluding hydrogens is 452 g/mol. The zero-order valence-electron chi connectivity index (χ0n) is 20.9. The Bertz CT molecular complexity index is 1690. The van der Waals surface area contributed by atoms with E-state index in [0.717, 1.165) is 18.2 Å². The smallest absolute Gasteiger partial charge is 0.267 e. The highest BCUT2D eigenvalue weighted by atomic mass is 16.1. The van der Waals surface area contributed by atoms with Crippen molar-refractivity contribution in [1.82, 2.24) is 10.2 Å². The number of aromatic nitrogens is 2. The molecule has 0 unspecified atom stereocenters. The molecule has 37 heavy (non-hydrogen) atoms. The van der Waals surface area contributed by atoms with Crippen LogP contribution in [0.25, 0.3) is 27.1 Å². The Morgan fingerprint density at radius 1 is 0.757 bits per heavy atom. The van der Waals surface area contributed by atoms with Crippen molar-refractivity contribution in [3.63, 3.8) is 0 Å². The van der Waals surface area contributed by atoms with Crippen LogP contribution in [0.15, 0.2) is 114 Å². The summed E-state index contributed by atoms with van der Waals surface area (Å²) in [7, 11) is 0. The number of allylic oxidation sites excluding steroid dienone is 4. The topological polar surface area (TPSA) is 45.8 Å². The number of hydrogen-bond acceptors (Lipinski definition) is 2. The molecule has 1 N–H and O–H groups in total. The van der Waals surface area contributed by atoms with Crippen molar-refractivity contribution >= 4 is 27.1 Å². The summed E-state index contributed by atoms with van der Waals surface area (Å²) in [6.45, 7) is 0. The molecule has 4 aromatic carbocycles. The van der Waals surface area contributed by atoms with Crippen LogP contribution < -0.4 is 5.56 Å². The Balaban J connectivity index is 0.000000191. The monoisotopic (exact) mass is 482 g/mol. The molecule has 0 atom stereocenters. The van der Waals surface area contributed by atoms with Gasteiger partial charge in [-0.15, -0.1) is 0 Å². The van der Waals surface area contributed by atoms with Crippen LogP contribution >= 0.6 is 0 Å². The van der Waals surface area contributed by atoms with Crippen LogP contribution in [-0.4, -0.2) is 10.2 Å². The van der Waals surface area contributed by atoms with Crippen LogP contribution in [-0.2, 0) is 19.3 Å². The van der Waals surface area contributed by atoms with Crippen LogP contribution in [0.4, 0.5) is 0 Å². The Labute approximate surface area is 217 Å². The maximum absolute atomic E-state index is 11.1. The molecule has 0 saturated heterocycles. The molecule has 7 rings (SSSR count). The van der Waals surface area contributed by atoms with Gasteiger partial charge in [-0.1, -0.05) is 96.6 Å². The number of H-pyrrole nitrogens is 1. The fraction of sp³-hybridized carbons (Fsp3) is 0.176. The maximum Gasteiger partial charge on any atom is 0.272 e. The predicted molar refractivity (Wildman–Crippen MR) is 154 cm³/mol. The second kappa shape index (κ2) is 10.4. The van der Waals surface area contributed by atoms with Gasteiger partial charge in [-0.3, -0.25) is 4.79 Å². The van der Waals surface area contributed by atoms with Crippen LogP contribution in [0.2, 0.25) is 0 Å². The lowest BCUT2D eigenvalue weighted by Crippen LogP contribution is -2.08. The van der Waals surface area contributed by atoms with Crippen molar-refractivity contribution in [2.75, 3.05) is 0 Å².